The average molecular weight is 279 g/mol. The van der Waals surface area contributed by atoms with Gasteiger partial charge in [0.25, 0.3) is 5.69 Å². The van der Waals surface area contributed by atoms with Crippen LogP contribution < -0.4 is 5.32 Å². The highest BCUT2D eigenvalue weighted by Crippen LogP contribution is 2.24. The van der Waals surface area contributed by atoms with Crippen LogP contribution in [-0.2, 0) is 0 Å². The summed E-state index contributed by atoms with van der Waals surface area (Å²) in [5.41, 5.74) is 0.996. The fourth-order valence-corrected chi connectivity index (χ4v) is 2.13. The maximum absolute atomic E-state index is 10.8. The summed E-state index contributed by atoms with van der Waals surface area (Å²) < 4.78 is 0. The van der Waals surface area contributed by atoms with Gasteiger partial charge in [0.2, 0.25) is 0 Å². The van der Waals surface area contributed by atoms with Gasteiger partial charge in [-0.2, -0.15) is 0 Å². The van der Waals surface area contributed by atoms with Crippen molar-refractivity contribution in [2.75, 3.05) is 7.05 Å². The monoisotopic (exact) mass is 279 g/mol. The van der Waals surface area contributed by atoms with Crippen LogP contribution in [0.4, 0.5) is 5.69 Å². The summed E-state index contributed by atoms with van der Waals surface area (Å²) in [7, 11) is 1.90. The Balaban J connectivity index is 2.08. The van der Waals surface area contributed by atoms with Crippen molar-refractivity contribution in [3.05, 3.63) is 39.9 Å². The lowest BCUT2D eigenvalue weighted by Gasteiger charge is -2.28. The summed E-state index contributed by atoms with van der Waals surface area (Å²) in [6.07, 6.45) is 2.33. The number of nitro benzene ring substituents is 1. The number of benzene rings is 1. The first-order valence-corrected chi connectivity index (χ1v) is 6.67. The molecule has 1 aromatic carbocycles. The van der Waals surface area contributed by atoms with Crippen molar-refractivity contribution < 1.29 is 4.92 Å². The van der Waals surface area contributed by atoms with E-state index in [1.165, 1.54) is 18.9 Å². The molecule has 6 heteroatoms. The molecule has 1 N–H and O–H groups in total. The molecule has 0 bridgehead atoms. The van der Waals surface area contributed by atoms with Crippen LogP contribution in [-0.4, -0.2) is 28.0 Å². The normalized spacial score (nSPS) is 15.7. The highest BCUT2D eigenvalue weighted by Gasteiger charge is 2.24. The Hall–Kier alpha value is -1.69. The largest absolute Gasteiger partial charge is 0.360 e. The molecular formula is C13H17N3O2S. The molecule has 1 saturated carbocycles. The summed E-state index contributed by atoms with van der Waals surface area (Å²) in [5.74, 6) is 0. The van der Waals surface area contributed by atoms with Crippen LogP contribution in [0, 0.1) is 10.1 Å². The molecule has 2 rings (SSSR count). The van der Waals surface area contributed by atoms with Crippen LogP contribution >= 0.6 is 12.2 Å². The van der Waals surface area contributed by atoms with Crippen LogP contribution in [0.3, 0.4) is 0 Å². The molecule has 0 radical (unpaired) electrons. The molecule has 0 saturated heterocycles. The van der Waals surface area contributed by atoms with Gasteiger partial charge < -0.3 is 10.2 Å². The summed E-state index contributed by atoms with van der Waals surface area (Å²) in [6.45, 7) is 1.99. The van der Waals surface area contributed by atoms with Crippen LogP contribution in [0.25, 0.3) is 0 Å². The van der Waals surface area contributed by atoms with Crippen molar-refractivity contribution in [1.82, 2.24) is 10.2 Å². The number of thiocarbonyl (C=S) groups is 1. The quantitative estimate of drug-likeness (QED) is 0.521. The molecule has 0 aliphatic heterocycles. The van der Waals surface area contributed by atoms with Crippen molar-refractivity contribution in [2.24, 2.45) is 0 Å². The zero-order valence-corrected chi connectivity index (χ0v) is 11.8. The third-order valence-corrected chi connectivity index (χ3v) is 3.78. The Kier molecular flexibility index (Phi) is 3.99. The lowest BCUT2D eigenvalue weighted by atomic mass is 10.1. The molecule has 1 aromatic rings. The van der Waals surface area contributed by atoms with E-state index in [4.69, 9.17) is 12.2 Å². The zero-order chi connectivity index (χ0) is 14.0. The van der Waals surface area contributed by atoms with Gasteiger partial charge in [-0.25, -0.2) is 0 Å². The zero-order valence-electron chi connectivity index (χ0n) is 11.0. The minimum atomic E-state index is -0.378. The third kappa shape index (κ3) is 3.41. The Morgan fingerprint density at radius 1 is 1.58 bits per heavy atom. The number of nitro groups is 1. The van der Waals surface area contributed by atoms with E-state index < -0.39 is 0 Å². The molecule has 0 heterocycles. The fraction of sp³-hybridized carbons (Fsp3) is 0.462. The van der Waals surface area contributed by atoms with Gasteiger partial charge in [0.15, 0.2) is 5.11 Å². The van der Waals surface area contributed by atoms with E-state index in [1.807, 2.05) is 24.9 Å². The standard InChI is InChI=1S/C13H17N3O2S/c1-9(15(2)13(19)14-11-6-7-11)10-4-3-5-12(8-10)16(17)18/h3-5,8-9,11H,6-7H2,1-2H3,(H,14,19). The molecule has 1 fully saturated rings. The van der Waals surface area contributed by atoms with Crippen molar-refractivity contribution in [1.29, 1.82) is 0 Å². The second-order valence-corrected chi connectivity index (χ2v) is 5.25. The first kappa shape index (κ1) is 13.7. The summed E-state index contributed by atoms with van der Waals surface area (Å²) >= 11 is 5.33. The molecule has 0 amide bonds. The second-order valence-electron chi connectivity index (χ2n) is 4.86. The van der Waals surface area contributed by atoms with Gasteiger partial charge in [0.1, 0.15) is 0 Å². The molecular weight excluding hydrogens is 262 g/mol. The predicted octanol–water partition coefficient (Wildman–Crippen LogP) is 2.62. The molecule has 19 heavy (non-hydrogen) atoms. The molecule has 1 unspecified atom stereocenters. The van der Waals surface area contributed by atoms with Gasteiger partial charge in [-0.15, -0.1) is 0 Å². The van der Waals surface area contributed by atoms with E-state index in [2.05, 4.69) is 5.32 Å². The number of hydrogen-bond acceptors (Lipinski definition) is 3. The van der Waals surface area contributed by atoms with E-state index in [9.17, 15) is 10.1 Å². The Bertz CT molecular complexity index is 502. The minimum Gasteiger partial charge on any atom is -0.360 e. The number of nitrogens with one attached hydrogen (secondary N) is 1. The van der Waals surface area contributed by atoms with E-state index in [0.717, 1.165) is 5.56 Å². The topological polar surface area (TPSA) is 58.4 Å². The van der Waals surface area contributed by atoms with Crippen molar-refractivity contribution in [3.63, 3.8) is 0 Å². The minimum absolute atomic E-state index is 0.00125. The Morgan fingerprint density at radius 3 is 2.84 bits per heavy atom. The number of hydrogen-bond donors (Lipinski definition) is 1. The second kappa shape index (κ2) is 5.52. The predicted molar refractivity (Wildman–Crippen MR) is 78.0 cm³/mol. The van der Waals surface area contributed by atoms with Gasteiger partial charge >= 0.3 is 0 Å². The van der Waals surface area contributed by atoms with Crippen LogP contribution in [0.5, 0.6) is 0 Å². The van der Waals surface area contributed by atoms with Crippen LogP contribution in [0.15, 0.2) is 24.3 Å². The number of non-ortho nitro benzene ring substituents is 1. The molecule has 0 aromatic heterocycles. The fourth-order valence-electron chi connectivity index (χ4n) is 1.80. The van der Waals surface area contributed by atoms with Crippen LogP contribution in [0.1, 0.15) is 31.4 Å². The Labute approximate surface area is 117 Å². The maximum atomic E-state index is 10.8. The lowest BCUT2D eigenvalue weighted by Crippen LogP contribution is -2.39. The smallest absolute Gasteiger partial charge is 0.269 e. The van der Waals surface area contributed by atoms with Crippen LogP contribution in [0.2, 0.25) is 0 Å². The van der Waals surface area contributed by atoms with E-state index >= 15 is 0 Å². The van der Waals surface area contributed by atoms with Gasteiger partial charge in [-0.05, 0) is 37.5 Å². The number of rotatable bonds is 4. The van der Waals surface area contributed by atoms with Crippen molar-refractivity contribution in [2.45, 2.75) is 31.8 Å². The van der Waals surface area contributed by atoms with E-state index in [0.29, 0.717) is 11.2 Å². The molecule has 1 atom stereocenters. The molecule has 5 nitrogen and oxygen atoms in total. The highest BCUT2D eigenvalue weighted by atomic mass is 32.1. The van der Waals surface area contributed by atoms with Crippen molar-refractivity contribution in [3.8, 4) is 0 Å². The highest BCUT2D eigenvalue weighted by molar-refractivity contribution is 7.80. The molecule has 0 spiro atoms. The summed E-state index contributed by atoms with van der Waals surface area (Å²) in [5, 5.41) is 14.7. The molecule has 1 aliphatic carbocycles. The lowest BCUT2D eigenvalue weighted by molar-refractivity contribution is -0.384. The first-order valence-electron chi connectivity index (χ1n) is 6.26. The van der Waals surface area contributed by atoms with Gasteiger partial charge in [-0.3, -0.25) is 10.1 Å². The van der Waals surface area contributed by atoms with Crippen molar-refractivity contribution >= 4 is 23.0 Å². The third-order valence-electron chi connectivity index (χ3n) is 3.37. The number of nitrogens with zero attached hydrogens (tertiary/aromatic N) is 2. The summed E-state index contributed by atoms with van der Waals surface area (Å²) in [6, 6.07) is 7.19. The van der Waals surface area contributed by atoms with E-state index in [-0.39, 0.29) is 16.7 Å². The van der Waals surface area contributed by atoms with Gasteiger partial charge in [0, 0.05) is 25.2 Å². The van der Waals surface area contributed by atoms with Gasteiger partial charge in [-0.1, -0.05) is 12.1 Å². The molecule has 1 aliphatic rings. The summed E-state index contributed by atoms with van der Waals surface area (Å²) in [4.78, 5) is 12.3. The maximum Gasteiger partial charge on any atom is 0.269 e. The molecule has 102 valence electrons. The Morgan fingerprint density at radius 2 is 2.26 bits per heavy atom. The van der Waals surface area contributed by atoms with Gasteiger partial charge in [0.05, 0.1) is 11.0 Å². The SMILES string of the molecule is CC(c1cccc([N+](=O)[O-])c1)N(C)C(=S)NC1CC1. The average Bonchev–Trinajstić information content (AvgIpc) is 3.21. The van der Waals surface area contributed by atoms with E-state index in [1.54, 1.807) is 12.1 Å². The first-order chi connectivity index (χ1) is 8.99.